The molecule has 0 saturated carbocycles. The maximum Gasteiger partial charge on any atom is 0.0772 e. The summed E-state index contributed by atoms with van der Waals surface area (Å²) in [5, 5.41) is 7.66. The van der Waals surface area contributed by atoms with Crippen molar-refractivity contribution in [2.75, 3.05) is 6.54 Å². The molecule has 1 atom stereocenters. The van der Waals surface area contributed by atoms with Crippen molar-refractivity contribution < 1.29 is 0 Å². The minimum absolute atomic E-state index is 0.463. The number of hydrogen-bond acceptors (Lipinski definition) is 4. The zero-order chi connectivity index (χ0) is 11.1. The van der Waals surface area contributed by atoms with Crippen LogP contribution < -0.4 is 5.32 Å². The van der Waals surface area contributed by atoms with Gasteiger partial charge in [-0.1, -0.05) is 31.2 Å². The molecule has 0 aromatic carbocycles. The van der Waals surface area contributed by atoms with Gasteiger partial charge in [0.05, 0.1) is 10.6 Å². The first kappa shape index (κ1) is 12.6. The molecular weight excluding hydrogens is 206 g/mol. The quantitative estimate of drug-likeness (QED) is 0.778. The van der Waals surface area contributed by atoms with Crippen LogP contribution in [0.2, 0.25) is 0 Å². The van der Waals surface area contributed by atoms with Crippen molar-refractivity contribution in [2.24, 2.45) is 0 Å². The first-order valence-electron chi connectivity index (χ1n) is 5.81. The summed E-state index contributed by atoms with van der Waals surface area (Å²) in [7, 11) is 0. The van der Waals surface area contributed by atoms with Gasteiger partial charge in [0.1, 0.15) is 0 Å². The molecule has 1 aromatic rings. The van der Waals surface area contributed by atoms with Gasteiger partial charge in [-0.25, -0.2) is 0 Å². The summed E-state index contributed by atoms with van der Waals surface area (Å²) in [6.07, 6.45) is 4.88. The lowest BCUT2D eigenvalue weighted by atomic mass is 10.1. The molecule has 0 bridgehead atoms. The smallest absolute Gasteiger partial charge is 0.0772 e. The van der Waals surface area contributed by atoms with Crippen LogP contribution >= 0.6 is 11.5 Å². The van der Waals surface area contributed by atoms with Gasteiger partial charge in [0.25, 0.3) is 0 Å². The van der Waals surface area contributed by atoms with Crippen LogP contribution in [-0.2, 0) is 0 Å². The van der Waals surface area contributed by atoms with E-state index in [2.05, 4.69) is 28.8 Å². The molecule has 0 aliphatic rings. The third-order valence-electron chi connectivity index (χ3n) is 2.49. The number of nitrogens with zero attached hydrogens (tertiary/aromatic N) is 2. The number of aromatic nitrogens is 2. The average Bonchev–Trinajstić information content (AvgIpc) is 2.65. The van der Waals surface area contributed by atoms with Gasteiger partial charge in [-0.3, -0.25) is 0 Å². The highest BCUT2D eigenvalue weighted by molar-refractivity contribution is 7.05. The van der Waals surface area contributed by atoms with Crippen molar-refractivity contribution in [3.8, 4) is 0 Å². The van der Waals surface area contributed by atoms with Crippen LogP contribution in [0.3, 0.4) is 0 Å². The number of unbranched alkanes of at least 4 members (excludes halogenated alkanes) is 1. The third kappa shape index (κ3) is 3.87. The van der Waals surface area contributed by atoms with E-state index in [1.807, 2.05) is 6.92 Å². The van der Waals surface area contributed by atoms with Crippen LogP contribution in [-0.4, -0.2) is 16.1 Å². The lowest BCUT2D eigenvalue weighted by Gasteiger charge is -2.16. The van der Waals surface area contributed by atoms with E-state index in [0.29, 0.717) is 6.04 Å². The third-order valence-corrected chi connectivity index (χ3v) is 3.43. The standard InChI is InChI=1S/C11H21N3S/c1-4-6-7-10(12-8-5-2)11-9(3)13-14-15-11/h10,12H,4-8H2,1-3H3. The molecule has 0 aliphatic carbocycles. The average molecular weight is 227 g/mol. The van der Waals surface area contributed by atoms with E-state index < -0.39 is 0 Å². The molecule has 15 heavy (non-hydrogen) atoms. The fourth-order valence-corrected chi connectivity index (χ4v) is 2.36. The number of rotatable bonds is 7. The van der Waals surface area contributed by atoms with Crippen LogP contribution in [0.1, 0.15) is 56.1 Å². The van der Waals surface area contributed by atoms with Crippen molar-refractivity contribution in [1.29, 1.82) is 0 Å². The Labute approximate surface area is 96.5 Å². The normalized spacial score (nSPS) is 13.0. The maximum atomic E-state index is 4.08. The first-order chi connectivity index (χ1) is 7.29. The van der Waals surface area contributed by atoms with Gasteiger partial charge >= 0.3 is 0 Å². The molecule has 0 amide bonds. The molecule has 1 aromatic heterocycles. The molecule has 0 saturated heterocycles. The minimum Gasteiger partial charge on any atom is -0.309 e. The zero-order valence-electron chi connectivity index (χ0n) is 9.92. The van der Waals surface area contributed by atoms with E-state index in [9.17, 15) is 0 Å². The Morgan fingerprint density at radius 2 is 2.13 bits per heavy atom. The van der Waals surface area contributed by atoms with Gasteiger partial charge in [0.2, 0.25) is 0 Å². The number of hydrogen-bond donors (Lipinski definition) is 1. The van der Waals surface area contributed by atoms with Crippen molar-refractivity contribution in [3.05, 3.63) is 10.6 Å². The molecule has 0 aliphatic heterocycles. The van der Waals surface area contributed by atoms with Crippen molar-refractivity contribution in [2.45, 2.75) is 52.5 Å². The van der Waals surface area contributed by atoms with E-state index in [-0.39, 0.29) is 0 Å². The first-order valence-corrected chi connectivity index (χ1v) is 6.59. The molecule has 4 heteroatoms. The monoisotopic (exact) mass is 227 g/mol. The van der Waals surface area contributed by atoms with E-state index in [0.717, 1.165) is 12.2 Å². The summed E-state index contributed by atoms with van der Waals surface area (Å²) in [4.78, 5) is 1.32. The van der Waals surface area contributed by atoms with Crippen LogP contribution in [0, 0.1) is 6.92 Å². The van der Waals surface area contributed by atoms with Gasteiger partial charge in [-0.2, -0.15) is 0 Å². The van der Waals surface area contributed by atoms with Crippen LogP contribution in [0.5, 0.6) is 0 Å². The highest BCUT2D eigenvalue weighted by Gasteiger charge is 2.15. The van der Waals surface area contributed by atoms with Gasteiger partial charge in [0.15, 0.2) is 0 Å². The van der Waals surface area contributed by atoms with Gasteiger partial charge in [-0.05, 0) is 37.8 Å². The second-order valence-corrected chi connectivity index (χ2v) is 4.66. The molecule has 1 unspecified atom stereocenters. The predicted octanol–water partition coefficient (Wildman–Crippen LogP) is 3.08. The van der Waals surface area contributed by atoms with E-state index >= 15 is 0 Å². The van der Waals surface area contributed by atoms with Crippen LogP contribution in [0.25, 0.3) is 0 Å². The molecule has 3 nitrogen and oxygen atoms in total. The lowest BCUT2D eigenvalue weighted by molar-refractivity contribution is 0.485. The Kier molecular flexibility index (Phi) is 5.79. The van der Waals surface area contributed by atoms with Crippen molar-refractivity contribution >= 4 is 11.5 Å². The molecule has 86 valence electrons. The zero-order valence-corrected chi connectivity index (χ0v) is 10.7. The number of nitrogens with one attached hydrogen (secondary N) is 1. The molecule has 0 radical (unpaired) electrons. The molecule has 1 heterocycles. The van der Waals surface area contributed by atoms with E-state index in [1.54, 1.807) is 0 Å². The summed E-state index contributed by atoms with van der Waals surface area (Å²) in [5.41, 5.74) is 1.09. The predicted molar refractivity (Wildman–Crippen MR) is 65.2 cm³/mol. The van der Waals surface area contributed by atoms with Gasteiger partial charge in [0, 0.05) is 6.04 Å². The SMILES string of the molecule is CCCCC(NCCC)c1snnc1C. The van der Waals surface area contributed by atoms with E-state index in [4.69, 9.17) is 0 Å². The molecule has 0 fully saturated rings. The Balaban J connectivity index is 2.58. The van der Waals surface area contributed by atoms with Crippen LogP contribution in [0.15, 0.2) is 0 Å². The topological polar surface area (TPSA) is 37.8 Å². The Hall–Kier alpha value is -0.480. The second kappa shape index (κ2) is 6.90. The Morgan fingerprint density at radius 1 is 1.33 bits per heavy atom. The summed E-state index contributed by atoms with van der Waals surface area (Å²) >= 11 is 1.53. The van der Waals surface area contributed by atoms with Crippen molar-refractivity contribution in [1.82, 2.24) is 14.9 Å². The maximum absolute atomic E-state index is 4.08. The largest absolute Gasteiger partial charge is 0.309 e. The van der Waals surface area contributed by atoms with Crippen LogP contribution in [0.4, 0.5) is 0 Å². The summed E-state index contributed by atoms with van der Waals surface area (Å²) in [6, 6.07) is 0.463. The summed E-state index contributed by atoms with van der Waals surface area (Å²) < 4.78 is 4.01. The molecule has 0 spiro atoms. The number of aryl methyl sites for hydroxylation is 1. The van der Waals surface area contributed by atoms with Gasteiger partial charge in [-0.15, -0.1) is 5.10 Å². The summed E-state index contributed by atoms with van der Waals surface area (Å²) in [6.45, 7) is 7.55. The second-order valence-electron chi connectivity index (χ2n) is 3.87. The van der Waals surface area contributed by atoms with Crippen molar-refractivity contribution in [3.63, 3.8) is 0 Å². The lowest BCUT2D eigenvalue weighted by Crippen LogP contribution is -2.21. The van der Waals surface area contributed by atoms with E-state index in [1.165, 1.54) is 42.1 Å². The minimum atomic E-state index is 0.463. The van der Waals surface area contributed by atoms with Gasteiger partial charge < -0.3 is 5.32 Å². The highest BCUT2D eigenvalue weighted by Crippen LogP contribution is 2.24. The Bertz CT molecular complexity index is 265. The molecular formula is C11H21N3S. The summed E-state index contributed by atoms with van der Waals surface area (Å²) in [5.74, 6) is 0. The highest BCUT2D eigenvalue weighted by atomic mass is 32.1. The molecule has 1 N–H and O–H groups in total. The molecule has 1 rings (SSSR count). The Morgan fingerprint density at radius 3 is 2.67 bits per heavy atom. The fourth-order valence-electron chi connectivity index (χ4n) is 1.61. The fraction of sp³-hybridized carbons (Fsp3) is 0.818.